The van der Waals surface area contributed by atoms with Crippen LogP contribution in [0.4, 0.5) is 0 Å². The van der Waals surface area contributed by atoms with Gasteiger partial charge in [0.25, 0.3) is 0 Å². The van der Waals surface area contributed by atoms with Gasteiger partial charge in [-0.2, -0.15) is 0 Å². The summed E-state index contributed by atoms with van der Waals surface area (Å²) in [5, 5.41) is 0. The van der Waals surface area contributed by atoms with E-state index in [4.69, 9.17) is 11.6 Å². The molecular formula is C9H17Cl2N. The molecule has 0 aliphatic carbocycles. The van der Waals surface area contributed by atoms with Gasteiger partial charge in [-0.3, -0.25) is 0 Å². The Labute approximate surface area is 85.9 Å². The summed E-state index contributed by atoms with van der Waals surface area (Å²) in [4.78, 5) is 2.58. The van der Waals surface area contributed by atoms with Gasteiger partial charge in [-0.05, 0) is 44.2 Å². The molecule has 0 aromatic rings. The largest absolute Gasteiger partial charge is 0.303 e. The molecular weight excluding hydrogens is 193 g/mol. The first kappa shape index (κ1) is 10.6. The van der Waals surface area contributed by atoms with Crippen LogP contribution in [0.5, 0.6) is 0 Å². The van der Waals surface area contributed by atoms with Gasteiger partial charge < -0.3 is 4.90 Å². The van der Waals surface area contributed by atoms with Crippen molar-refractivity contribution >= 4 is 24.0 Å². The van der Waals surface area contributed by atoms with E-state index in [2.05, 4.69) is 4.90 Å². The van der Waals surface area contributed by atoms with E-state index >= 15 is 0 Å². The molecule has 2 aliphatic rings. The summed E-state index contributed by atoms with van der Waals surface area (Å²) in [5.41, 5.74) is 0.512. The van der Waals surface area contributed by atoms with Crippen molar-refractivity contribution in [1.82, 2.24) is 4.90 Å². The fourth-order valence-electron chi connectivity index (χ4n) is 2.56. The SMILES string of the molecule is Cl.ClCC12CCCN(CCC1)C2. The van der Waals surface area contributed by atoms with Crippen molar-refractivity contribution in [3.63, 3.8) is 0 Å². The molecule has 2 aliphatic heterocycles. The van der Waals surface area contributed by atoms with Crippen molar-refractivity contribution in [2.24, 2.45) is 5.41 Å². The van der Waals surface area contributed by atoms with Gasteiger partial charge in [-0.15, -0.1) is 24.0 Å². The lowest BCUT2D eigenvalue weighted by Gasteiger charge is -2.46. The van der Waals surface area contributed by atoms with Crippen LogP contribution >= 0.6 is 24.0 Å². The van der Waals surface area contributed by atoms with Crippen LogP contribution < -0.4 is 0 Å². The fraction of sp³-hybridized carbons (Fsp3) is 1.00. The Morgan fingerprint density at radius 1 is 1.17 bits per heavy atom. The molecule has 2 bridgehead atoms. The Kier molecular flexibility index (Phi) is 3.69. The van der Waals surface area contributed by atoms with Crippen LogP contribution in [-0.4, -0.2) is 30.4 Å². The quantitative estimate of drug-likeness (QED) is 0.601. The van der Waals surface area contributed by atoms with Crippen molar-refractivity contribution < 1.29 is 0 Å². The van der Waals surface area contributed by atoms with Crippen LogP contribution in [-0.2, 0) is 0 Å². The van der Waals surface area contributed by atoms with Gasteiger partial charge in [-0.25, -0.2) is 0 Å². The smallest absolute Gasteiger partial charge is 0.0292 e. The molecule has 0 spiro atoms. The first-order valence-corrected chi connectivity index (χ1v) is 5.16. The van der Waals surface area contributed by atoms with E-state index in [0.29, 0.717) is 5.41 Å². The van der Waals surface area contributed by atoms with Crippen LogP contribution in [0.15, 0.2) is 0 Å². The lowest BCUT2D eigenvalue weighted by Crippen LogP contribution is -2.48. The highest BCUT2D eigenvalue weighted by atomic mass is 35.5. The summed E-state index contributed by atoms with van der Waals surface area (Å²) in [7, 11) is 0. The summed E-state index contributed by atoms with van der Waals surface area (Å²) in [6.45, 7) is 3.91. The van der Waals surface area contributed by atoms with Crippen LogP contribution in [0, 0.1) is 5.41 Å². The van der Waals surface area contributed by atoms with E-state index in [0.717, 1.165) is 5.88 Å². The van der Waals surface area contributed by atoms with Gasteiger partial charge in [-0.1, -0.05) is 0 Å². The summed E-state index contributed by atoms with van der Waals surface area (Å²) < 4.78 is 0. The third kappa shape index (κ3) is 1.89. The number of hydrogen-bond acceptors (Lipinski definition) is 1. The van der Waals surface area contributed by atoms with E-state index in [9.17, 15) is 0 Å². The molecule has 2 heterocycles. The van der Waals surface area contributed by atoms with Crippen LogP contribution in [0.2, 0.25) is 0 Å². The molecule has 0 saturated carbocycles. The van der Waals surface area contributed by atoms with E-state index in [-0.39, 0.29) is 12.4 Å². The number of nitrogens with zero attached hydrogens (tertiary/aromatic N) is 1. The number of alkyl halides is 1. The predicted molar refractivity (Wildman–Crippen MR) is 55.3 cm³/mol. The van der Waals surface area contributed by atoms with Crippen molar-refractivity contribution in [3.05, 3.63) is 0 Å². The Hall–Kier alpha value is 0.540. The zero-order valence-electron chi connectivity index (χ0n) is 7.39. The third-order valence-corrected chi connectivity index (χ3v) is 3.77. The van der Waals surface area contributed by atoms with Gasteiger partial charge >= 0.3 is 0 Å². The van der Waals surface area contributed by atoms with Crippen LogP contribution in [0.3, 0.4) is 0 Å². The second-order valence-corrected chi connectivity index (χ2v) is 4.38. The summed E-state index contributed by atoms with van der Waals surface area (Å²) in [6, 6.07) is 0. The average Bonchev–Trinajstić information content (AvgIpc) is 2.05. The minimum atomic E-state index is 0. The van der Waals surface area contributed by atoms with E-state index in [1.165, 1.54) is 45.3 Å². The maximum absolute atomic E-state index is 6.01. The molecule has 2 rings (SSSR count). The molecule has 2 fully saturated rings. The highest BCUT2D eigenvalue weighted by Gasteiger charge is 2.37. The van der Waals surface area contributed by atoms with E-state index in [1.807, 2.05) is 0 Å². The zero-order valence-corrected chi connectivity index (χ0v) is 8.96. The number of rotatable bonds is 1. The van der Waals surface area contributed by atoms with Crippen LogP contribution in [0.1, 0.15) is 25.7 Å². The molecule has 0 aromatic carbocycles. The molecule has 3 heteroatoms. The number of hydrogen-bond donors (Lipinski definition) is 0. The Bertz CT molecular complexity index is 139. The van der Waals surface area contributed by atoms with Crippen molar-refractivity contribution in [3.8, 4) is 0 Å². The standard InChI is InChI=1S/C9H16ClN.ClH/c10-7-9-3-1-5-11(8-9)6-2-4-9;/h1-8H2;1H. The zero-order chi connectivity index (χ0) is 7.73. The maximum Gasteiger partial charge on any atom is 0.0292 e. The molecule has 72 valence electrons. The summed E-state index contributed by atoms with van der Waals surface area (Å²) in [5.74, 6) is 0.878. The van der Waals surface area contributed by atoms with Gasteiger partial charge in [0.05, 0.1) is 0 Å². The Morgan fingerprint density at radius 3 is 2.17 bits per heavy atom. The molecule has 0 radical (unpaired) electrons. The topological polar surface area (TPSA) is 3.24 Å². The Morgan fingerprint density at radius 2 is 1.75 bits per heavy atom. The number of fused-ring (bicyclic) bond motifs is 2. The molecule has 1 nitrogen and oxygen atoms in total. The van der Waals surface area contributed by atoms with E-state index in [1.54, 1.807) is 0 Å². The van der Waals surface area contributed by atoms with E-state index < -0.39 is 0 Å². The average molecular weight is 210 g/mol. The first-order chi connectivity index (χ1) is 5.35. The van der Waals surface area contributed by atoms with Crippen LogP contribution in [0.25, 0.3) is 0 Å². The second-order valence-electron chi connectivity index (χ2n) is 4.12. The lowest BCUT2D eigenvalue weighted by molar-refractivity contribution is 0.0551. The van der Waals surface area contributed by atoms with Crippen molar-refractivity contribution in [2.45, 2.75) is 25.7 Å². The minimum Gasteiger partial charge on any atom is -0.303 e. The fourth-order valence-corrected chi connectivity index (χ4v) is 2.91. The maximum atomic E-state index is 6.01. The lowest BCUT2D eigenvalue weighted by atomic mass is 9.75. The van der Waals surface area contributed by atoms with Gasteiger partial charge in [0.2, 0.25) is 0 Å². The van der Waals surface area contributed by atoms with Crippen molar-refractivity contribution in [1.29, 1.82) is 0 Å². The minimum absolute atomic E-state index is 0. The molecule has 2 saturated heterocycles. The monoisotopic (exact) mass is 209 g/mol. The molecule has 0 amide bonds. The van der Waals surface area contributed by atoms with Gasteiger partial charge in [0, 0.05) is 12.4 Å². The second kappa shape index (κ2) is 4.17. The molecule has 0 N–H and O–H groups in total. The third-order valence-electron chi connectivity index (χ3n) is 3.21. The number of piperidine rings is 2. The summed E-state index contributed by atoms with van der Waals surface area (Å²) in [6.07, 6.45) is 5.47. The highest BCUT2D eigenvalue weighted by molar-refractivity contribution is 6.18. The van der Waals surface area contributed by atoms with Gasteiger partial charge in [0.1, 0.15) is 0 Å². The Balaban J connectivity index is 0.000000720. The first-order valence-electron chi connectivity index (χ1n) is 4.63. The normalized spacial score (nSPS) is 40.2. The highest BCUT2D eigenvalue weighted by Crippen LogP contribution is 2.38. The predicted octanol–water partition coefficient (Wildman–Crippen LogP) is 2.52. The number of halogens is 2. The molecule has 0 unspecified atom stereocenters. The molecule has 0 aromatic heterocycles. The summed E-state index contributed by atoms with van der Waals surface area (Å²) >= 11 is 6.01. The van der Waals surface area contributed by atoms with Crippen molar-refractivity contribution in [2.75, 3.05) is 25.5 Å². The van der Waals surface area contributed by atoms with Gasteiger partial charge in [0.15, 0.2) is 0 Å². The molecule has 12 heavy (non-hydrogen) atoms. The molecule has 0 atom stereocenters.